The van der Waals surface area contributed by atoms with Crippen LogP contribution < -0.4 is 0 Å². The van der Waals surface area contributed by atoms with Crippen LogP contribution in [0.25, 0.3) is 0 Å². The van der Waals surface area contributed by atoms with Gasteiger partial charge in [-0.3, -0.25) is 4.90 Å². The van der Waals surface area contributed by atoms with Crippen LogP contribution >= 0.6 is 11.8 Å². The molecule has 1 amide bonds. The van der Waals surface area contributed by atoms with Crippen molar-refractivity contribution in [1.29, 1.82) is 0 Å². The molecule has 0 saturated carbocycles. The van der Waals surface area contributed by atoms with Crippen molar-refractivity contribution in [3.63, 3.8) is 0 Å². The molecule has 114 valence electrons. The van der Waals surface area contributed by atoms with E-state index in [1.165, 1.54) is 0 Å². The van der Waals surface area contributed by atoms with E-state index < -0.39 is 6.23 Å². The van der Waals surface area contributed by atoms with Crippen molar-refractivity contribution in [2.45, 2.75) is 31.5 Å². The van der Waals surface area contributed by atoms with Gasteiger partial charge in [-0.1, -0.05) is 30.3 Å². The third-order valence-electron chi connectivity index (χ3n) is 4.22. The summed E-state index contributed by atoms with van der Waals surface area (Å²) in [5.41, 5.74) is 1.16. The van der Waals surface area contributed by atoms with Crippen LogP contribution in [0.1, 0.15) is 18.4 Å². The average molecular weight is 307 g/mol. The van der Waals surface area contributed by atoms with E-state index in [4.69, 9.17) is 4.74 Å². The fraction of sp³-hybridized carbons (Fsp3) is 0.562. The highest BCUT2D eigenvalue weighted by atomic mass is 32.2. The summed E-state index contributed by atoms with van der Waals surface area (Å²) < 4.78 is 5.18. The lowest BCUT2D eigenvalue weighted by Crippen LogP contribution is -2.48. The van der Waals surface area contributed by atoms with Gasteiger partial charge in [0, 0.05) is 11.7 Å². The second-order valence-corrected chi connectivity index (χ2v) is 6.87. The van der Waals surface area contributed by atoms with Crippen molar-refractivity contribution in [3.8, 4) is 0 Å². The smallest absolute Gasteiger partial charge is 0.412 e. The quantitative estimate of drug-likeness (QED) is 0.928. The number of rotatable bonds is 4. The second-order valence-electron chi connectivity index (χ2n) is 5.72. The zero-order valence-corrected chi connectivity index (χ0v) is 12.8. The minimum atomic E-state index is -0.721. The third-order valence-corrected chi connectivity index (χ3v) is 5.46. The maximum atomic E-state index is 12.0. The van der Waals surface area contributed by atoms with E-state index in [1.807, 2.05) is 42.1 Å². The third kappa shape index (κ3) is 3.35. The van der Waals surface area contributed by atoms with Crippen LogP contribution in [0, 0.1) is 5.92 Å². The van der Waals surface area contributed by atoms with Gasteiger partial charge in [0.2, 0.25) is 0 Å². The number of thioether (sulfide) groups is 1. The van der Waals surface area contributed by atoms with E-state index in [2.05, 4.69) is 0 Å². The first-order chi connectivity index (χ1) is 10.3. The molecule has 5 heteroatoms. The van der Waals surface area contributed by atoms with Crippen LogP contribution in [0.5, 0.6) is 0 Å². The van der Waals surface area contributed by atoms with Crippen molar-refractivity contribution >= 4 is 17.9 Å². The molecule has 4 nitrogen and oxygen atoms in total. The van der Waals surface area contributed by atoms with Gasteiger partial charge in [0.15, 0.2) is 0 Å². The number of carbonyl (C=O) groups excluding carboxylic acids is 1. The normalized spacial score (nSPS) is 27.5. The Morgan fingerprint density at radius 3 is 2.90 bits per heavy atom. The molecule has 1 N–H and O–H groups in total. The molecule has 0 bridgehead atoms. The van der Waals surface area contributed by atoms with Gasteiger partial charge in [-0.25, -0.2) is 4.79 Å². The molecule has 2 heterocycles. The van der Waals surface area contributed by atoms with Crippen LogP contribution in [-0.2, 0) is 11.2 Å². The molecule has 0 aromatic heterocycles. The predicted molar refractivity (Wildman–Crippen MR) is 83.2 cm³/mol. The Labute approximate surface area is 129 Å². The molecule has 1 unspecified atom stereocenters. The largest absolute Gasteiger partial charge is 0.447 e. The molecule has 3 rings (SSSR count). The lowest BCUT2D eigenvalue weighted by atomic mass is 10.00. The minimum absolute atomic E-state index is 0.0678. The fourth-order valence-corrected chi connectivity index (χ4v) is 4.25. The number of ether oxygens (including phenoxy) is 1. The lowest BCUT2D eigenvalue weighted by molar-refractivity contribution is -0.0201. The van der Waals surface area contributed by atoms with Crippen LogP contribution in [0.3, 0.4) is 0 Å². The van der Waals surface area contributed by atoms with Gasteiger partial charge in [0.1, 0.15) is 12.8 Å². The number of benzene rings is 1. The monoisotopic (exact) mass is 307 g/mol. The molecule has 3 atom stereocenters. The zero-order chi connectivity index (χ0) is 14.7. The first-order valence-corrected chi connectivity index (χ1v) is 8.66. The average Bonchev–Trinajstić information content (AvgIpc) is 2.89. The number of aliphatic hydroxyl groups is 1. The molecule has 2 aliphatic heterocycles. The standard InChI is InChI=1S/C16H21NO3S/c18-15(13-7-4-8-21-11-13)17-14(10-20-16(17)19)9-12-5-2-1-3-6-12/h1-3,5-6,13-15,18H,4,7-11H2/t13-,14-,15?/m0/s1. The number of nitrogens with zero attached hydrogens (tertiary/aromatic N) is 1. The maximum Gasteiger partial charge on any atom is 0.412 e. The summed E-state index contributed by atoms with van der Waals surface area (Å²) >= 11 is 1.86. The van der Waals surface area contributed by atoms with Crippen molar-refractivity contribution in [3.05, 3.63) is 35.9 Å². The summed E-state index contributed by atoms with van der Waals surface area (Å²) in [6.07, 6.45) is 1.72. The molecule has 2 aliphatic rings. The molecule has 0 spiro atoms. The van der Waals surface area contributed by atoms with Gasteiger partial charge in [0.05, 0.1) is 6.04 Å². The number of hydrogen-bond donors (Lipinski definition) is 1. The molecule has 2 saturated heterocycles. The Morgan fingerprint density at radius 1 is 1.38 bits per heavy atom. The van der Waals surface area contributed by atoms with Crippen LogP contribution in [0.2, 0.25) is 0 Å². The summed E-state index contributed by atoms with van der Waals surface area (Å²) in [7, 11) is 0. The molecule has 1 aromatic rings. The molecular formula is C16H21NO3S. The first kappa shape index (κ1) is 14.7. The van der Waals surface area contributed by atoms with Gasteiger partial charge in [0.25, 0.3) is 0 Å². The lowest BCUT2D eigenvalue weighted by Gasteiger charge is -2.34. The number of carbonyl (C=O) groups is 1. The highest BCUT2D eigenvalue weighted by Gasteiger charge is 2.40. The highest BCUT2D eigenvalue weighted by Crippen LogP contribution is 2.30. The van der Waals surface area contributed by atoms with Crippen molar-refractivity contribution < 1.29 is 14.6 Å². The number of cyclic esters (lactones) is 1. The van der Waals surface area contributed by atoms with E-state index in [9.17, 15) is 9.90 Å². The van der Waals surface area contributed by atoms with Crippen LogP contribution in [0.4, 0.5) is 4.79 Å². The molecule has 2 fully saturated rings. The summed E-state index contributed by atoms with van der Waals surface area (Å²) in [5, 5.41) is 10.6. The Balaban J connectivity index is 1.69. The summed E-state index contributed by atoms with van der Waals surface area (Å²) in [6.45, 7) is 0.366. The second kappa shape index (κ2) is 6.71. The predicted octanol–water partition coefficient (Wildman–Crippen LogP) is 2.51. The Hall–Kier alpha value is -1.20. The Morgan fingerprint density at radius 2 is 2.19 bits per heavy atom. The van der Waals surface area contributed by atoms with Crippen molar-refractivity contribution in [1.82, 2.24) is 4.90 Å². The first-order valence-electron chi connectivity index (χ1n) is 7.50. The zero-order valence-electron chi connectivity index (χ0n) is 12.0. The van der Waals surface area contributed by atoms with Gasteiger partial charge in [-0.2, -0.15) is 11.8 Å². The SMILES string of the molecule is O=C1OC[C@H](Cc2ccccc2)N1C(O)[C@H]1CCCSC1. The summed E-state index contributed by atoms with van der Waals surface area (Å²) in [4.78, 5) is 13.6. The number of amides is 1. The van der Waals surface area contributed by atoms with Gasteiger partial charge >= 0.3 is 6.09 Å². The summed E-state index contributed by atoms with van der Waals surface area (Å²) in [5.74, 6) is 2.23. The van der Waals surface area contributed by atoms with Crippen LogP contribution in [-0.4, -0.2) is 46.5 Å². The molecule has 0 radical (unpaired) electrons. The van der Waals surface area contributed by atoms with Gasteiger partial charge < -0.3 is 9.84 Å². The molecule has 21 heavy (non-hydrogen) atoms. The topological polar surface area (TPSA) is 49.8 Å². The molecule has 0 aliphatic carbocycles. The van der Waals surface area contributed by atoms with Crippen molar-refractivity contribution in [2.24, 2.45) is 5.92 Å². The van der Waals surface area contributed by atoms with Crippen molar-refractivity contribution in [2.75, 3.05) is 18.1 Å². The number of aliphatic hydroxyl groups excluding tert-OH is 1. The number of hydrogen-bond acceptors (Lipinski definition) is 4. The van der Waals surface area contributed by atoms with E-state index in [0.717, 1.165) is 36.3 Å². The highest BCUT2D eigenvalue weighted by molar-refractivity contribution is 7.99. The van der Waals surface area contributed by atoms with E-state index in [0.29, 0.717) is 6.61 Å². The van der Waals surface area contributed by atoms with E-state index in [1.54, 1.807) is 4.90 Å². The van der Waals surface area contributed by atoms with Gasteiger partial charge in [-0.05, 0) is 30.6 Å². The van der Waals surface area contributed by atoms with E-state index >= 15 is 0 Å². The summed E-state index contributed by atoms with van der Waals surface area (Å²) in [6, 6.07) is 9.98. The van der Waals surface area contributed by atoms with Gasteiger partial charge in [-0.15, -0.1) is 0 Å². The minimum Gasteiger partial charge on any atom is -0.447 e. The molecular weight excluding hydrogens is 286 g/mol. The fourth-order valence-electron chi connectivity index (χ4n) is 3.07. The molecule has 1 aromatic carbocycles. The Bertz CT molecular complexity index is 476. The van der Waals surface area contributed by atoms with E-state index in [-0.39, 0.29) is 18.1 Å². The van der Waals surface area contributed by atoms with Crippen LogP contribution in [0.15, 0.2) is 30.3 Å². The Kier molecular flexibility index (Phi) is 4.70. The maximum absolute atomic E-state index is 12.0.